The molecule has 0 aliphatic carbocycles. The van der Waals surface area contributed by atoms with Crippen molar-refractivity contribution in [2.45, 2.75) is 0 Å². The van der Waals surface area contributed by atoms with Gasteiger partial charge >= 0.3 is 196 Å². The van der Waals surface area contributed by atoms with E-state index in [1.807, 2.05) is 0 Å². The first-order valence-corrected chi connectivity index (χ1v) is 18.4. The molecule has 0 heterocycles. The zero-order chi connectivity index (χ0) is 20.9. The molecule has 0 unspecified atom stereocenters. The Hall–Kier alpha value is -1.22. The molecule has 4 rings (SSSR count). The van der Waals surface area contributed by atoms with E-state index in [2.05, 4.69) is 152 Å². The van der Waals surface area contributed by atoms with Gasteiger partial charge in [0.1, 0.15) is 0 Å². The second-order valence-corrected chi connectivity index (χ2v) is 21.0. The average molecular weight is 556 g/mol. The molecule has 0 aromatic heterocycles. The third-order valence-electron chi connectivity index (χ3n) is 5.42. The van der Waals surface area contributed by atoms with E-state index in [4.69, 9.17) is 0 Å². The fourth-order valence-corrected chi connectivity index (χ4v) is 16.4. The van der Waals surface area contributed by atoms with Crippen molar-refractivity contribution in [2.75, 3.05) is 12.3 Å². The van der Waals surface area contributed by atoms with Gasteiger partial charge in [-0.25, -0.2) is 0 Å². The molecule has 0 amide bonds. The molecule has 0 nitrogen and oxygen atoms in total. The van der Waals surface area contributed by atoms with Gasteiger partial charge in [0.15, 0.2) is 0 Å². The summed E-state index contributed by atoms with van der Waals surface area (Å²) in [7, 11) is 0. The van der Waals surface area contributed by atoms with Gasteiger partial charge in [0.25, 0.3) is 0 Å². The van der Waals surface area contributed by atoms with Gasteiger partial charge in [0.05, 0.1) is 0 Å². The van der Waals surface area contributed by atoms with Crippen molar-refractivity contribution in [3.63, 3.8) is 0 Å². The second kappa shape index (κ2) is 9.93. The van der Waals surface area contributed by atoms with Gasteiger partial charge in [-0.05, 0) is 0 Å². The molecule has 150 valence electrons. The maximum atomic E-state index is 3.71. The van der Waals surface area contributed by atoms with Crippen molar-refractivity contribution in [3.8, 4) is 0 Å². The van der Waals surface area contributed by atoms with Gasteiger partial charge in [-0.3, -0.25) is 0 Å². The van der Waals surface area contributed by atoms with Crippen LogP contribution in [0.15, 0.2) is 121 Å². The number of benzene rings is 4. The van der Waals surface area contributed by atoms with Crippen LogP contribution >= 0.6 is 11.0 Å². The van der Waals surface area contributed by atoms with E-state index >= 15 is 0 Å². The molecule has 0 aliphatic heterocycles. The van der Waals surface area contributed by atoms with Crippen molar-refractivity contribution in [2.24, 2.45) is 0 Å². The molecule has 0 atom stereocenters. The first kappa shape index (κ1) is 22.0. The van der Waals surface area contributed by atoms with Crippen molar-refractivity contribution in [1.29, 1.82) is 0 Å². The molecule has 4 heteroatoms. The summed E-state index contributed by atoms with van der Waals surface area (Å²) in [5.74, 6) is 0. The minimum atomic E-state index is -1.63. The summed E-state index contributed by atoms with van der Waals surface area (Å²) in [6, 6.07) is 44.1. The van der Waals surface area contributed by atoms with E-state index in [1.54, 1.807) is 0 Å². The minimum absolute atomic E-state index is 1.13. The summed E-state index contributed by atoms with van der Waals surface area (Å²) in [5.41, 5.74) is -3.26. The summed E-state index contributed by atoms with van der Waals surface area (Å²) in [5, 5.41) is 5.74. The Morgan fingerprint density at radius 3 is 0.767 bits per heavy atom. The standard InChI is InChI=1S/C26H24P2Se2/c29-27(23-13-5-1-6-14-23,24-15-7-2-8-16-24)21-22-28(30,25-17-9-3-10-18-25)26-19-11-4-12-20-26/h1-20H,21-22H2. The summed E-state index contributed by atoms with van der Waals surface area (Å²) in [6.07, 6.45) is 2.26. The molecular weight excluding hydrogens is 532 g/mol. The molecule has 4 aromatic carbocycles. The van der Waals surface area contributed by atoms with Crippen LogP contribution < -0.4 is 21.2 Å². The van der Waals surface area contributed by atoms with Gasteiger partial charge in [-0.2, -0.15) is 0 Å². The summed E-state index contributed by atoms with van der Waals surface area (Å²) < 4.78 is 0. The monoisotopic (exact) mass is 558 g/mol. The van der Waals surface area contributed by atoms with Gasteiger partial charge in [-0.15, -0.1) is 0 Å². The van der Waals surface area contributed by atoms with Crippen LogP contribution in [0.1, 0.15) is 0 Å². The Bertz CT molecular complexity index is 991. The fourth-order valence-electron chi connectivity index (χ4n) is 3.77. The van der Waals surface area contributed by atoms with Crippen LogP contribution in [0.3, 0.4) is 0 Å². The summed E-state index contributed by atoms with van der Waals surface area (Å²) in [6.45, 7) is 0. The Morgan fingerprint density at radius 2 is 0.567 bits per heavy atom. The molecule has 4 aromatic rings. The Balaban J connectivity index is 1.78. The van der Waals surface area contributed by atoms with Crippen molar-refractivity contribution in [1.82, 2.24) is 0 Å². The Morgan fingerprint density at radius 1 is 0.367 bits per heavy atom. The first-order valence-electron chi connectivity index (χ1n) is 10.0. The van der Waals surface area contributed by atoms with Gasteiger partial charge < -0.3 is 0 Å². The van der Waals surface area contributed by atoms with E-state index in [0.29, 0.717) is 0 Å². The Kier molecular flexibility index (Phi) is 7.28. The van der Waals surface area contributed by atoms with Crippen LogP contribution in [-0.2, 0) is 0 Å². The molecule has 0 radical (unpaired) electrons. The predicted octanol–water partition coefficient (Wildman–Crippen LogP) is 4.49. The van der Waals surface area contributed by atoms with Crippen molar-refractivity contribution >= 4 is 62.4 Å². The average Bonchev–Trinajstić information content (AvgIpc) is 2.84. The predicted molar refractivity (Wildman–Crippen MR) is 139 cm³/mol. The third kappa shape index (κ3) is 4.66. The zero-order valence-electron chi connectivity index (χ0n) is 16.7. The fraction of sp³-hybridized carbons (Fsp3) is 0.0769. The molecule has 0 fully saturated rings. The number of hydrogen-bond donors (Lipinski definition) is 0. The van der Waals surface area contributed by atoms with Gasteiger partial charge in [0.2, 0.25) is 0 Å². The maximum absolute atomic E-state index is 3.71. The van der Waals surface area contributed by atoms with E-state index in [0.717, 1.165) is 12.3 Å². The van der Waals surface area contributed by atoms with Crippen LogP contribution in [-0.4, -0.2) is 42.5 Å². The van der Waals surface area contributed by atoms with Gasteiger partial charge in [0, 0.05) is 0 Å². The van der Waals surface area contributed by atoms with Gasteiger partial charge in [-0.1, -0.05) is 0 Å². The van der Waals surface area contributed by atoms with Crippen LogP contribution in [0.2, 0.25) is 0 Å². The normalized spacial score (nSPS) is 11.9. The molecule has 0 saturated carbocycles. The van der Waals surface area contributed by atoms with E-state index < -0.39 is 11.0 Å². The molecule has 0 spiro atoms. The van der Waals surface area contributed by atoms with Crippen LogP contribution in [0.25, 0.3) is 0 Å². The van der Waals surface area contributed by atoms with Crippen LogP contribution in [0.5, 0.6) is 0 Å². The van der Waals surface area contributed by atoms with Crippen molar-refractivity contribution < 1.29 is 0 Å². The zero-order valence-corrected chi connectivity index (χ0v) is 21.9. The van der Waals surface area contributed by atoms with E-state index in [1.165, 1.54) is 21.2 Å². The molecule has 0 N–H and O–H groups in total. The quantitative estimate of drug-likeness (QED) is 0.233. The topological polar surface area (TPSA) is 0 Å². The Labute approximate surface area is 195 Å². The first-order chi connectivity index (χ1) is 14.6. The molecule has 0 saturated heterocycles. The van der Waals surface area contributed by atoms with Crippen molar-refractivity contribution in [3.05, 3.63) is 121 Å². The molecular formula is C26H24P2Se2. The SMILES string of the molecule is [Se]=P(CCP(=[Se])(c1ccccc1)c1ccccc1)(c1ccccc1)c1ccccc1. The molecule has 30 heavy (non-hydrogen) atoms. The number of hydrogen-bond acceptors (Lipinski definition) is 0. The van der Waals surface area contributed by atoms with Crippen LogP contribution in [0.4, 0.5) is 0 Å². The summed E-state index contributed by atoms with van der Waals surface area (Å²) in [4.78, 5) is 0. The van der Waals surface area contributed by atoms with E-state index in [-0.39, 0.29) is 0 Å². The van der Waals surface area contributed by atoms with E-state index in [9.17, 15) is 0 Å². The summed E-state index contributed by atoms with van der Waals surface area (Å²) >= 11 is 7.43. The number of rotatable bonds is 7. The molecule has 0 bridgehead atoms. The second-order valence-electron chi connectivity index (χ2n) is 7.27. The third-order valence-corrected chi connectivity index (χ3v) is 19.6. The van der Waals surface area contributed by atoms with Crippen LogP contribution in [0, 0.1) is 0 Å². The molecule has 0 aliphatic rings.